The Hall–Kier alpha value is -6.29. The number of carbonyl (C=O) groups excluding carboxylic acids is 1. The number of benzene rings is 2. The van der Waals surface area contributed by atoms with E-state index in [9.17, 15) is 26.8 Å². The number of aromatic carboxylic acids is 1. The Morgan fingerprint density at radius 3 is 1.78 bits per heavy atom. The highest BCUT2D eigenvalue weighted by Crippen LogP contribution is 2.24. The van der Waals surface area contributed by atoms with Gasteiger partial charge in [0.2, 0.25) is 0 Å². The van der Waals surface area contributed by atoms with Gasteiger partial charge in [-0.3, -0.25) is 14.8 Å². The fourth-order valence-corrected chi connectivity index (χ4v) is 5.87. The van der Waals surface area contributed by atoms with Gasteiger partial charge in [-0.05, 0) is 61.0 Å². The third-order valence-corrected chi connectivity index (χ3v) is 8.90. The van der Waals surface area contributed by atoms with Gasteiger partial charge in [-0.1, -0.05) is 6.92 Å². The molecule has 7 aromatic rings. The van der Waals surface area contributed by atoms with Crippen LogP contribution in [0, 0.1) is 11.6 Å². The molecule has 0 saturated heterocycles. The Balaban J connectivity index is 0.000000194. The zero-order valence-electron chi connectivity index (χ0n) is 26.4. The molecule has 0 spiro atoms. The standard InChI is InChI=1S/C21H20FN5O3S.C13H8FN3O2/c1-3-18(19-8-15(9-24-19)31(2,29)30)26-21(28)17-10-23-12-20-16(17)11-25-27(20)14-6-4-13(22)5-7-14;14-8-1-3-9(4-2-8)17-12-7-15-5-11(13(18)19)10(12)6-16-17/h4-12,18,24H,3H2,1-2H3,(H,26,28);1-7H,(H,18,19)/t18-;/m0./s1. The van der Waals surface area contributed by atoms with Crippen LogP contribution in [-0.4, -0.2) is 66.2 Å². The molecule has 0 aliphatic heterocycles. The zero-order valence-corrected chi connectivity index (χ0v) is 27.3. The molecule has 0 bridgehead atoms. The Kier molecular flexibility index (Phi) is 9.19. The van der Waals surface area contributed by atoms with Gasteiger partial charge in [-0.25, -0.2) is 31.4 Å². The third kappa shape index (κ3) is 6.82. The number of H-pyrrole nitrogens is 1. The van der Waals surface area contributed by atoms with Crippen molar-refractivity contribution in [2.24, 2.45) is 0 Å². The van der Waals surface area contributed by atoms with Gasteiger partial charge >= 0.3 is 5.97 Å². The maximum Gasteiger partial charge on any atom is 0.338 e. The average Bonchev–Trinajstić information content (AvgIpc) is 3.87. The third-order valence-electron chi connectivity index (χ3n) is 7.81. The summed E-state index contributed by atoms with van der Waals surface area (Å²) >= 11 is 0. The van der Waals surface area contributed by atoms with Crippen molar-refractivity contribution in [1.29, 1.82) is 0 Å². The number of aromatic nitrogens is 7. The van der Waals surface area contributed by atoms with Gasteiger partial charge in [0.15, 0.2) is 9.84 Å². The number of rotatable bonds is 8. The van der Waals surface area contributed by atoms with Gasteiger partial charge in [0.05, 0.1) is 69.3 Å². The van der Waals surface area contributed by atoms with Crippen LogP contribution in [0.3, 0.4) is 0 Å². The molecule has 1 atom stereocenters. The first-order chi connectivity index (χ1) is 23.9. The summed E-state index contributed by atoms with van der Waals surface area (Å²) in [6.07, 6.45) is 12.0. The molecular formula is C34H28F2N8O5S. The van der Waals surface area contributed by atoms with Crippen LogP contribution in [0.5, 0.6) is 0 Å². The summed E-state index contributed by atoms with van der Waals surface area (Å²) < 4.78 is 52.7. The van der Waals surface area contributed by atoms with Crippen molar-refractivity contribution >= 4 is 43.5 Å². The van der Waals surface area contributed by atoms with Crippen molar-refractivity contribution in [2.75, 3.05) is 6.26 Å². The van der Waals surface area contributed by atoms with Crippen molar-refractivity contribution in [1.82, 2.24) is 39.8 Å². The summed E-state index contributed by atoms with van der Waals surface area (Å²) in [5, 5.41) is 21.5. The van der Waals surface area contributed by atoms with E-state index in [-0.39, 0.29) is 28.0 Å². The average molecular weight is 699 g/mol. The lowest BCUT2D eigenvalue weighted by Gasteiger charge is -2.16. The van der Waals surface area contributed by atoms with Gasteiger partial charge in [0.25, 0.3) is 5.91 Å². The van der Waals surface area contributed by atoms with E-state index in [0.717, 1.165) is 6.26 Å². The SMILES string of the molecule is CC[C@H](NC(=O)c1cncc2c1cnn2-c1ccc(F)cc1)c1cc(S(C)(=O)=O)c[nH]1.O=C(O)c1cncc2c1cnn2-c1ccc(F)cc1. The van der Waals surface area contributed by atoms with Crippen molar-refractivity contribution < 1.29 is 31.9 Å². The molecule has 3 N–H and O–H groups in total. The number of nitrogens with one attached hydrogen (secondary N) is 2. The van der Waals surface area contributed by atoms with Crippen LogP contribution >= 0.6 is 0 Å². The Morgan fingerprint density at radius 1 is 0.820 bits per heavy atom. The molecule has 5 heterocycles. The molecule has 50 heavy (non-hydrogen) atoms. The summed E-state index contributed by atoms with van der Waals surface area (Å²) in [7, 11) is -3.35. The first-order valence-electron chi connectivity index (χ1n) is 15.0. The van der Waals surface area contributed by atoms with Crippen LogP contribution in [0.25, 0.3) is 33.2 Å². The molecule has 7 rings (SSSR count). The minimum atomic E-state index is -3.35. The number of carboxylic acid groups (broad SMARTS) is 1. The monoisotopic (exact) mass is 698 g/mol. The van der Waals surface area contributed by atoms with Gasteiger partial charge in [-0.15, -0.1) is 0 Å². The second-order valence-electron chi connectivity index (χ2n) is 11.1. The maximum atomic E-state index is 13.2. The molecule has 5 aromatic heterocycles. The van der Waals surface area contributed by atoms with Gasteiger partial charge in [0, 0.05) is 41.3 Å². The topological polar surface area (TPSA) is 178 Å². The van der Waals surface area contributed by atoms with E-state index in [1.54, 1.807) is 41.3 Å². The van der Waals surface area contributed by atoms with Crippen molar-refractivity contribution in [2.45, 2.75) is 24.3 Å². The van der Waals surface area contributed by atoms with E-state index in [4.69, 9.17) is 5.11 Å². The summed E-state index contributed by atoms with van der Waals surface area (Å²) in [5.74, 6) is -2.12. The minimum absolute atomic E-state index is 0.0888. The van der Waals surface area contributed by atoms with E-state index >= 15 is 0 Å². The molecule has 0 aliphatic carbocycles. The first kappa shape index (κ1) is 33.6. The quantitative estimate of drug-likeness (QED) is 0.187. The van der Waals surface area contributed by atoms with Crippen LogP contribution in [0.15, 0.2) is 103 Å². The number of pyridine rings is 2. The van der Waals surface area contributed by atoms with Gasteiger partial charge in [0.1, 0.15) is 11.6 Å². The molecule has 0 saturated carbocycles. The fourth-order valence-electron chi connectivity index (χ4n) is 5.25. The second-order valence-corrected chi connectivity index (χ2v) is 13.1. The Bertz CT molecular complexity index is 2460. The number of hydrogen-bond acceptors (Lipinski definition) is 8. The molecule has 16 heteroatoms. The van der Waals surface area contributed by atoms with Crippen LogP contribution in [0.1, 0.15) is 45.8 Å². The lowest BCUT2D eigenvalue weighted by molar-refractivity contribution is 0.0698. The van der Waals surface area contributed by atoms with Gasteiger partial charge < -0.3 is 15.4 Å². The molecule has 2 aromatic carbocycles. The number of carboxylic acids is 1. The zero-order chi connectivity index (χ0) is 35.6. The molecule has 13 nitrogen and oxygen atoms in total. The largest absolute Gasteiger partial charge is 0.478 e. The fraction of sp³-hybridized carbons (Fsp3) is 0.118. The molecule has 1 amide bonds. The van der Waals surface area contributed by atoms with Crippen LogP contribution in [0.2, 0.25) is 0 Å². The van der Waals surface area contributed by atoms with E-state index in [2.05, 4.69) is 30.5 Å². The lowest BCUT2D eigenvalue weighted by Crippen LogP contribution is -2.28. The van der Waals surface area contributed by atoms with E-state index in [0.29, 0.717) is 50.9 Å². The number of halogens is 2. The normalized spacial score (nSPS) is 12.0. The van der Waals surface area contributed by atoms with Gasteiger partial charge in [-0.2, -0.15) is 10.2 Å². The molecule has 0 radical (unpaired) electrons. The molecule has 254 valence electrons. The predicted octanol–water partition coefficient (Wildman–Crippen LogP) is 5.43. The highest BCUT2D eigenvalue weighted by Gasteiger charge is 2.21. The second kappa shape index (κ2) is 13.7. The predicted molar refractivity (Wildman–Crippen MR) is 179 cm³/mol. The minimum Gasteiger partial charge on any atom is -0.478 e. The number of carbonyl (C=O) groups is 2. The number of sulfone groups is 1. The maximum absolute atomic E-state index is 13.2. The van der Waals surface area contributed by atoms with Crippen LogP contribution < -0.4 is 5.32 Å². The highest BCUT2D eigenvalue weighted by atomic mass is 32.2. The van der Waals surface area contributed by atoms with E-state index < -0.39 is 21.8 Å². The van der Waals surface area contributed by atoms with Crippen LogP contribution in [0.4, 0.5) is 8.78 Å². The molecular weight excluding hydrogens is 670 g/mol. The molecule has 0 fully saturated rings. The van der Waals surface area contributed by atoms with Crippen molar-refractivity contribution in [3.8, 4) is 11.4 Å². The Morgan fingerprint density at radius 2 is 1.32 bits per heavy atom. The molecule has 0 unspecified atom stereocenters. The van der Waals surface area contributed by atoms with Crippen LogP contribution in [-0.2, 0) is 9.84 Å². The summed E-state index contributed by atoms with van der Waals surface area (Å²) in [5.41, 5.74) is 3.46. The smallest absolute Gasteiger partial charge is 0.338 e. The first-order valence-corrected chi connectivity index (χ1v) is 16.9. The highest BCUT2D eigenvalue weighted by molar-refractivity contribution is 7.90. The van der Waals surface area contributed by atoms with E-state index in [1.165, 1.54) is 66.0 Å². The Labute approximate surface area is 283 Å². The number of nitrogens with zero attached hydrogens (tertiary/aromatic N) is 6. The summed E-state index contributed by atoms with van der Waals surface area (Å²) in [6.45, 7) is 1.89. The number of aromatic amines is 1. The van der Waals surface area contributed by atoms with E-state index in [1.807, 2.05) is 6.92 Å². The number of fused-ring (bicyclic) bond motifs is 2. The lowest BCUT2D eigenvalue weighted by atomic mass is 10.1. The summed E-state index contributed by atoms with van der Waals surface area (Å²) in [4.78, 5) is 35.3. The molecule has 0 aliphatic rings. The number of hydrogen-bond donors (Lipinski definition) is 3. The van der Waals surface area contributed by atoms with Crippen molar-refractivity contribution in [3.63, 3.8) is 0 Å². The summed E-state index contributed by atoms with van der Waals surface area (Å²) in [6, 6.07) is 12.7. The number of amides is 1. The van der Waals surface area contributed by atoms with Crippen molar-refractivity contribution in [3.05, 3.63) is 126 Å².